The van der Waals surface area contributed by atoms with Crippen molar-refractivity contribution in [2.75, 3.05) is 5.32 Å². The monoisotopic (exact) mass is 462 g/mol. The Kier molecular flexibility index (Phi) is 6.85. The van der Waals surface area contributed by atoms with E-state index in [0.717, 1.165) is 18.2 Å². The molecule has 6 nitrogen and oxygen atoms in total. The summed E-state index contributed by atoms with van der Waals surface area (Å²) in [5, 5.41) is 11.7. The molecule has 0 spiro atoms. The molecule has 3 N–H and O–H groups in total. The van der Waals surface area contributed by atoms with E-state index in [4.69, 9.17) is 0 Å². The minimum absolute atomic E-state index is 0.130. The molecule has 0 saturated carbocycles. The normalized spacial score (nSPS) is 12.3. The summed E-state index contributed by atoms with van der Waals surface area (Å²) in [6.07, 6.45) is -0.308. The van der Waals surface area contributed by atoms with Crippen LogP contribution in [0.5, 0.6) is 0 Å². The van der Waals surface area contributed by atoms with Crippen LogP contribution >= 0.6 is 0 Å². The summed E-state index contributed by atoms with van der Waals surface area (Å²) in [7, 11) is 0. The average Bonchev–Trinajstić information content (AvgIpc) is 3.15. The third kappa shape index (κ3) is 5.97. The molecule has 1 atom stereocenters. The number of aromatic nitrogens is 2. The summed E-state index contributed by atoms with van der Waals surface area (Å²) >= 11 is 0. The number of hydrogen-bond acceptors (Lipinski definition) is 3. The molecule has 3 rings (SSSR count). The Hall–Kier alpha value is -3.69. The summed E-state index contributed by atoms with van der Waals surface area (Å²) in [5.74, 6) is -4.06. The van der Waals surface area contributed by atoms with Crippen LogP contribution in [0.2, 0.25) is 0 Å². The molecule has 33 heavy (non-hydrogen) atoms. The number of carbonyl (C=O) groups excluding carboxylic acids is 2. The second-order valence-electron chi connectivity index (χ2n) is 8.18. The molecule has 0 saturated heterocycles. The zero-order chi connectivity index (χ0) is 24.3. The van der Waals surface area contributed by atoms with Gasteiger partial charge in [-0.05, 0) is 42.3 Å². The third-order valence-electron chi connectivity index (χ3n) is 5.14. The molecule has 0 unspecified atom stereocenters. The van der Waals surface area contributed by atoms with Gasteiger partial charge >= 0.3 is 0 Å². The van der Waals surface area contributed by atoms with Gasteiger partial charge in [-0.3, -0.25) is 14.7 Å². The molecule has 1 heterocycles. The zero-order valence-electron chi connectivity index (χ0n) is 18.1. The van der Waals surface area contributed by atoms with Crippen molar-refractivity contribution >= 4 is 17.6 Å². The molecule has 0 aliphatic heterocycles. The Bertz CT molecular complexity index is 1150. The van der Waals surface area contributed by atoms with Crippen molar-refractivity contribution in [2.24, 2.45) is 0 Å². The Morgan fingerprint density at radius 1 is 0.939 bits per heavy atom. The molecule has 174 valence electrons. The highest BCUT2D eigenvalue weighted by Crippen LogP contribution is 2.32. The van der Waals surface area contributed by atoms with Crippen LogP contribution in [0.3, 0.4) is 0 Å². The van der Waals surface area contributed by atoms with Gasteiger partial charge in [0, 0.05) is 29.3 Å². The minimum Gasteiger partial charge on any atom is -0.344 e. The van der Waals surface area contributed by atoms with E-state index >= 15 is 0 Å². The first-order valence-corrected chi connectivity index (χ1v) is 10.0. The number of nitrogens with zero attached hydrogens (tertiary/aromatic N) is 1. The summed E-state index contributed by atoms with van der Waals surface area (Å²) in [4.78, 5) is 24.6. The van der Waals surface area contributed by atoms with Crippen molar-refractivity contribution in [3.05, 3.63) is 82.6 Å². The van der Waals surface area contributed by atoms with Gasteiger partial charge in [-0.25, -0.2) is 17.6 Å². The maximum Gasteiger partial charge on any atom is 0.247 e. The predicted octanol–water partition coefficient (Wildman–Crippen LogP) is 3.98. The molecule has 1 aromatic heterocycles. The van der Waals surface area contributed by atoms with Crippen LogP contribution in [0.4, 0.5) is 23.4 Å². The van der Waals surface area contributed by atoms with E-state index in [1.165, 1.54) is 25.1 Å². The van der Waals surface area contributed by atoms with E-state index in [1.54, 1.807) is 13.8 Å². The third-order valence-corrected chi connectivity index (χ3v) is 5.14. The number of rotatable bonds is 7. The highest BCUT2D eigenvalue weighted by atomic mass is 19.1. The molecule has 0 bridgehead atoms. The lowest BCUT2D eigenvalue weighted by Gasteiger charge is -2.23. The first-order chi connectivity index (χ1) is 15.4. The van der Waals surface area contributed by atoms with Gasteiger partial charge < -0.3 is 10.6 Å². The highest BCUT2D eigenvalue weighted by molar-refractivity contribution is 5.96. The Morgan fingerprint density at radius 2 is 1.48 bits per heavy atom. The van der Waals surface area contributed by atoms with Crippen LogP contribution in [-0.4, -0.2) is 28.1 Å². The Balaban J connectivity index is 1.63. The lowest BCUT2D eigenvalue weighted by atomic mass is 9.81. The second-order valence-corrected chi connectivity index (χ2v) is 8.18. The molecule has 3 aromatic rings. The quantitative estimate of drug-likeness (QED) is 0.465. The van der Waals surface area contributed by atoms with Crippen molar-refractivity contribution in [3.63, 3.8) is 0 Å². The number of amides is 2. The number of benzene rings is 2. The molecule has 0 fully saturated rings. The van der Waals surface area contributed by atoms with Gasteiger partial charge in [0.05, 0.1) is 6.42 Å². The molecule has 2 amide bonds. The molecule has 2 aromatic carbocycles. The van der Waals surface area contributed by atoms with Crippen LogP contribution < -0.4 is 10.6 Å². The zero-order valence-corrected chi connectivity index (χ0v) is 18.1. The summed E-state index contributed by atoms with van der Waals surface area (Å²) < 4.78 is 53.8. The van der Waals surface area contributed by atoms with E-state index in [2.05, 4.69) is 20.8 Å². The second kappa shape index (κ2) is 9.43. The number of hydrogen-bond donors (Lipinski definition) is 3. The summed E-state index contributed by atoms with van der Waals surface area (Å²) in [5.41, 5.74) is 0.146. The number of halogens is 4. The molecular formula is C23H22F4N4O2. The fraction of sp³-hybridized carbons (Fsp3) is 0.261. The van der Waals surface area contributed by atoms with Crippen molar-refractivity contribution in [2.45, 2.75) is 38.6 Å². The first-order valence-electron chi connectivity index (χ1n) is 10.0. The molecular weight excluding hydrogens is 440 g/mol. The van der Waals surface area contributed by atoms with Gasteiger partial charge in [0.25, 0.3) is 0 Å². The molecule has 10 heteroatoms. The SMILES string of the molecule is C[C@H](NC(=O)Cc1cc(F)cc(F)c1)C(=O)Nc1cc(C(C)(C)c2cc(F)cc(F)c2)[nH]n1. The van der Waals surface area contributed by atoms with E-state index in [0.29, 0.717) is 17.3 Å². The largest absolute Gasteiger partial charge is 0.344 e. The van der Waals surface area contributed by atoms with E-state index in [-0.39, 0.29) is 17.8 Å². The maximum absolute atomic E-state index is 13.6. The van der Waals surface area contributed by atoms with Gasteiger partial charge in [-0.2, -0.15) is 5.10 Å². The van der Waals surface area contributed by atoms with Crippen molar-refractivity contribution in [1.29, 1.82) is 0 Å². The number of carbonyl (C=O) groups is 2. The van der Waals surface area contributed by atoms with Crippen LogP contribution in [-0.2, 0) is 21.4 Å². The van der Waals surface area contributed by atoms with Gasteiger partial charge in [-0.15, -0.1) is 0 Å². The van der Waals surface area contributed by atoms with E-state index < -0.39 is 46.5 Å². The minimum atomic E-state index is -0.971. The fourth-order valence-corrected chi connectivity index (χ4v) is 3.27. The molecule has 0 aliphatic rings. The van der Waals surface area contributed by atoms with Crippen LogP contribution in [0, 0.1) is 23.3 Å². The molecule has 0 radical (unpaired) electrons. The van der Waals surface area contributed by atoms with Gasteiger partial charge in [0.15, 0.2) is 5.82 Å². The standard InChI is InChI=1S/C23H22F4N4O2/c1-12(28-21(32)6-13-4-15(24)9-16(25)5-13)22(33)29-20-11-19(30-31-20)23(2,3)14-7-17(26)10-18(27)8-14/h4-5,7-12H,6H2,1-3H3,(H,28,32)(H2,29,30,31,33)/t12-/m0/s1. The summed E-state index contributed by atoms with van der Waals surface area (Å²) in [6.45, 7) is 4.91. The molecule has 0 aliphatic carbocycles. The summed E-state index contributed by atoms with van der Waals surface area (Å²) in [6, 6.07) is 6.51. The Morgan fingerprint density at radius 3 is 2.06 bits per heavy atom. The van der Waals surface area contributed by atoms with Crippen molar-refractivity contribution in [1.82, 2.24) is 15.5 Å². The number of nitrogens with one attached hydrogen (secondary N) is 3. The lowest BCUT2D eigenvalue weighted by Crippen LogP contribution is -2.42. The smallest absolute Gasteiger partial charge is 0.247 e. The van der Waals surface area contributed by atoms with Gasteiger partial charge in [-0.1, -0.05) is 13.8 Å². The lowest BCUT2D eigenvalue weighted by molar-refractivity contribution is -0.125. The first kappa shape index (κ1) is 24.0. The fourth-order valence-electron chi connectivity index (χ4n) is 3.27. The Labute approximate surface area is 187 Å². The van der Waals surface area contributed by atoms with Gasteiger partial charge in [0.2, 0.25) is 11.8 Å². The van der Waals surface area contributed by atoms with Crippen LogP contribution in [0.25, 0.3) is 0 Å². The van der Waals surface area contributed by atoms with Crippen molar-refractivity contribution in [3.8, 4) is 0 Å². The topological polar surface area (TPSA) is 86.9 Å². The number of aromatic amines is 1. The predicted molar refractivity (Wildman–Crippen MR) is 113 cm³/mol. The number of anilines is 1. The van der Waals surface area contributed by atoms with Crippen LogP contribution in [0.1, 0.15) is 37.6 Å². The van der Waals surface area contributed by atoms with Crippen molar-refractivity contribution < 1.29 is 27.2 Å². The number of H-pyrrole nitrogens is 1. The van der Waals surface area contributed by atoms with E-state index in [1.807, 2.05) is 0 Å². The average molecular weight is 462 g/mol. The maximum atomic E-state index is 13.6. The highest BCUT2D eigenvalue weighted by Gasteiger charge is 2.27. The van der Waals surface area contributed by atoms with Crippen LogP contribution in [0.15, 0.2) is 42.5 Å². The van der Waals surface area contributed by atoms with Gasteiger partial charge in [0.1, 0.15) is 29.3 Å². The van der Waals surface area contributed by atoms with E-state index in [9.17, 15) is 27.2 Å².